The summed E-state index contributed by atoms with van der Waals surface area (Å²) in [7, 11) is 0. The van der Waals surface area contributed by atoms with Crippen molar-refractivity contribution in [2.24, 2.45) is 0 Å². The number of nitrogens with one attached hydrogen (secondary N) is 2. The number of aliphatic carboxylic acids is 1. The van der Waals surface area contributed by atoms with Crippen LogP contribution < -0.4 is 10.6 Å². The first kappa shape index (κ1) is 20.7. The molecule has 4 rings (SSSR count). The number of pyridine rings is 1. The molecule has 0 aliphatic heterocycles. The summed E-state index contributed by atoms with van der Waals surface area (Å²) in [5, 5.41) is 18.5. The molecule has 3 N–H and O–H groups in total. The molecule has 0 bridgehead atoms. The second-order valence-corrected chi connectivity index (χ2v) is 7.90. The Balaban J connectivity index is 1.60. The minimum atomic E-state index is -0.772. The third-order valence-electron chi connectivity index (χ3n) is 4.78. The lowest BCUT2D eigenvalue weighted by molar-refractivity contribution is -0.137. The number of aromatic nitrogens is 3. The Kier molecular flexibility index (Phi) is 6.68. The molecular formula is C23H23N5O2S. The van der Waals surface area contributed by atoms with Gasteiger partial charge in [-0.1, -0.05) is 36.4 Å². The lowest BCUT2D eigenvalue weighted by Crippen LogP contribution is -2.09. The van der Waals surface area contributed by atoms with Crippen molar-refractivity contribution in [1.29, 1.82) is 0 Å². The van der Waals surface area contributed by atoms with Crippen LogP contribution in [0.5, 0.6) is 0 Å². The van der Waals surface area contributed by atoms with Gasteiger partial charge in [0.25, 0.3) is 0 Å². The van der Waals surface area contributed by atoms with Gasteiger partial charge in [0.1, 0.15) is 10.6 Å². The van der Waals surface area contributed by atoms with E-state index in [2.05, 4.69) is 33.1 Å². The number of fused-ring (bicyclic) bond motifs is 1. The number of hydrogen-bond donors (Lipinski definition) is 3. The number of benzene rings is 1. The predicted octanol–water partition coefficient (Wildman–Crippen LogP) is 5.03. The standard InChI is InChI=1S/C23H23N5O2S/c29-19(30)11-5-7-13-25-23-27-21(26-14-17-10-4-6-12-24-17)20-18(15-31-22(20)28-23)16-8-2-1-3-9-16/h1-4,6,8-10,12,15H,5,7,11,13-14H2,(H,29,30)(H2,25,26,27,28). The molecular weight excluding hydrogens is 410 g/mol. The van der Waals surface area contributed by atoms with Crippen LogP contribution in [0.2, 0.25) is 0 Å². The largest absolute Gasteiger partial charge is 0.481 e. The van der Waals surface area contributed by atoms with Crippen LogP contribution in [0.1, 0.15) is 25.0 Å². The van der Waals surface area contributed by atoms with Crippen LogP contribution in [0, 0.1) is 0 Å². The van der Waals surface area contributed by atoms with Gasteiger partial charge in [0.15, 0.2) is 0 Å². The van der Waals surface area contributed by atoms with Crippen molar-refractivity contribution >= 4 is 39.3 Å². The van der Waals surface area contributed by atoms with Crippen LogP contribution >= 0.6 is 11.3 Å². The predicted molar refractivity (Wildman–Crippen MR) is 124 cm³/mol. The van der Waals surface area contributed by atoms with Gasteiger partial charge < -0.3 is 15.7 Å². The highest BCUT2D eigenvalue weighted by Gasteiger charge is 2.15. The molecule has 0 spiro atoms. The zero-order chi connectivity index (χ0) is 21.5. The second-order valence-electron chi connectivity index (χ2n) is 7.04. The fourth-order valence-electron chi connectivity index (χ4n) is 3.26. The van der Waals surface area contributed by atoms with E-state index in [9.17, 15) is 4.79 Å². The van der Waals surface area contributed by atoms with Crippen molar-refractivity contribution in [3.05, 3.63) is 65.8 Å². The van der Waals surface area contributed by atoms with E-state index < -0.39 is 5.97 Å². The molecule has 0 unspecified atom stereocenters. The Labute approximate surface area is 184 Å². The van der Waals surface area contributed by atoms with Gasteiger partial charge in [-0.2, -0.15) is 4.98 Å². The van der Waals surface area contributed by atoms with Gasteiger partial charge in [-0.25, -0.2) is 4.98 Å². The number of carboxylic acids is 1. The van der Waals surface area contributed by atoms with Gasteiger partial charge in [-0.3, -0.25) is 9.78 Å². The van der Waals surface area contributed by atoms with Crippen molar-refractivity contribution in [3.63, 3.8) is 0 Å². The number of thiophene rings is 1. The zero-order valence-corrected chi connectivity index (χ0v) is 17.7. The van der Waals surface area contributed by atoms with Crippen molar-refractivity contribution in [2.45, 2.75) is 25.8 Å². The summed E-state index contributed by atoms with van der Waals surface area (Å²) in [6, 6.07) is 16.0. The lowest BCUT2D eigenvalue weighted by Gasteiger charge is -2.11. The molecule has 0 radical (unpaired) electrons. The highest BCUT2D eigenvalue weighted by Crippen LogP contribution is 2.37. The third-order valence-corrected chi connectivity index (χ3v) is 5.65. The normalized spacial score (nSPS) is 10.8. The Morgan fingerprint density at radius 2 is 1.84 bits per heavy atom. The molecule has 0 aliphatic carbocycles. The first-order chi connectivity index (χ1) is 15.2. The minimum Gasteiger partial charge on any atom is -0.481 e. The molecule has 31 heavy (non-hydrogen) atoms. The van der Waals surface area contributed by atoms with Gasteiger partial charge in [0, 0.05) is 30.1 Å². The Hall–Kier alpha value is -3.52. The summed E-state index contributed by atoms with van der Waals surface area (Å²) in [5.74, 6) is 0.516. The molecule has 0 saturated heterocycles. The molecule has 8 heteroatoms. The first-order valence-electron chi connectivity index (χ1n) is 10.1. The monoisotopic (exact) mass is 433 g/mol. The summed E-state index contributed by atoms with van der Waals surface area (Å²) in [6.07, 6.45) is 3.30. The first-order valence-corrected chi connectivity index (χ1v) is 11.0. The minimum absolute atomic E-state index is 0.170. The van der Waals surface area contributed by atoms with Crippen molar-refractivity contribution in [1.82, 2.24) is 15.0 Å². The summed E-state index contributed by atoms with van der Waals surface area (Å²) >= 11 is 1.58. The van der Waals surface area contributed by atoms with Crippen molar-refractivity contribution < 1.29 is 9.90 Å². The van der Waals surface area contributed by atoms with Gasteiger partial charge in [-0.15, -0.1) is 11.3 Å². The maximum Gasteiger partial charge on any atom is 0.303 e. The summed E-state index contributed by atoms with van der Waals surface area (Å²) in [6.45, 7) is 1.17. The number of unbranched alkanes of at least 4 members (excludes halogenated alkanes) is 1. The maximum absolute atomic E-state index is 10.7. The topological polar surface area (TPSA) is 100 Å². The smallest absolute Gasteiger partial charge is 0.303 e. The Morgan fingerprint density at radius 3 is 2.61 bits per heavy atom. The van der Waals surface area contributed by atoms with Gasteiger partial charge in [0.2, 0.25) is 5.95 Å². The van der Waals surface area contributed by atoms with Crippen molar-refractivity contribution in [3.8, 4) is 11.1 Å². The van der Waals surface area contributed by atoms with E-state index >= 15 is 0 Å². The molecule has 1 aromatic carbocycles. The van der Waals surface area contributed by atoms with Gasteiger partial charge in [0.05, 0.1) is 17.6 Å². The summed E-state index contributed by atoms with van der Waals surface area (Å²) in [5.41, 5.74) is 3.14. The number of carboxylic acid groups (broad SMARTS) is 1. The molecule has 4 aromatic rings. The third kappa shape index (κ3) is 5.35. The Morgan fingerprint density at radius 1 is 1.00 bits per heavy atom. The molecule has 0 fully saturated rings. The summed E-state index contributed by atoms with van der Waals surface area (Å²) < 4.78 is 0. The van der Waals surface area contributed by atoms with Crippen LogP contribution in [0.3, 0.4) is 0 Å². The van der Waals surface area contributed by atoms with E-state index in [-0.39, 0.29) is 6.42 Å². The highest BCUT2D eigenvalue weighted by molar-refractivity contribution is 7.17. The molecule has 158 valence electrons. The molecule has 7 nitrogen and oxygen atoms in total. The van der Waals surface area contributed by atoms with Crippen LogP contribution in [0.25, 0.3) is 21.3 Å². The van der Waals surface area contributed by atoms with E-state index in [1.54, 1.807) is 17.5 Å². The number of carbonyl (C=O) groups is 1. The second kappa shape index (κ2) is 9.99. The van der Waals surface area contributed by atoms with E-state index in [1.807, 2.05) is 36.4 Å². The van der Waals surface area contributed by atoms with E-state index in [0.29, 0.717) is 25.5 Å². The molecule has 0 saturated carbocycles. The maximum atomic E-state index is 10.7. The average Bonchev–Trinajstić information content (AvgIpc) is 3.22. The van der Waals surface area contributed by atoms with Crippen LogP contribution in [0.15, 0.2) is 60.1 Å². The van der Waals surface area contributed by atoms with E-state index in [4.69, 9.17) is 15.1 Å². The summed E-state index contributed by atoms with van der Waals surface area (Å²) in [4.78, 5) is 25.4. The van der Waals surface area contributed by atoms with Crippen LogP contribution in [0.4, 0.5) is 11.8 Å². The molecule has 0 amide bonds. The van der Waals surface area contributed by atoms with Gasteiger partial charge in [-0.05, 0) is 30.5 Å². The molecule has 3 heterocycles. The van der Waals surface area contributed by atoms with E-state index in [0.717, 1.165) is 39.3 Å². The lowest BCUT2D eigenvalue weighted by atomic mass is 10.1. The molecule has 0 aliphatic rings. The quantitative estimate of drug-likeness (QED) is 0.302. The average molecular weight is 434 g/mol. The number of nitrogens with zero attached hydrogens (tertiary/aromatic N) is 3. The fraction of sp³-hybridized carbons (Fsp3) is 0.217. The number of hydrogen-bond acceptors (Lipinski definition) is 7. The van der Waals surface area contributed by atoms with Crippen molar-refractivity contribution in [2.75, 3.05) is 17.2 Å². The molecule has 3 aromatic heterocycles. The Bertz CT molecular complexity index is 1150. The fourth-order valence-corrected chi connectivity index (χ4v) is 4.20. The number of rotatable bonds is 10. The SMILES string of the molecule is O=C(O)CCCCNc1nc(NCc2ccccn2)c2c(-c3ccccc3)csc2n1. The number of anilines is 2. The highest BCUT2D eigenvalue weighted by atomic mass is 32.1. The molecule has 0 atom stereocenters. The van der Waals surface area contributed by atoms with Crippen LogP contribution in [-0.2, 0) is 11.3 Å². The zero-order valence-electron chi connectivity index (χ0n) is 16.9. The van der Waals surface area contributed by atoms with Crippen LogP contribution in [-0.4, -0.2) is 32.6 Å². The van der Waals surface area contributed by atoms with Gasteiger partial charge >= 0.3 is 5.97 Å². The van der Waals surface area contributed by atoms with E-state index in [1.165, 1.54) is 0 Å².